The van der Waals surface area contributed by atoms with Gasteiger partial charge in [0.05, 0.1) is 17.8 Å². The van der Waals surface area contributed by atoms with Crippen molar-refractivity contribution in [3.63, 3.8) is 0 Å². The van der Waals surface area contributed by atoms with E-state index in [-0.39, 0.29) is 0 Å². The van der Waals surface area contributed by atoms with Crippen LogP contribution in [0.3, 0.4) is 0 Å². The molecule has 2 rings (SSSR count). The number of benzene rings is 1. The van der Waals surface area contributed by atoms with Crippen molar-refractivity contribution >= 4 is 11.3 Å². The van der Waals surface area contributed by atoms with Crippen LogP contribution in [-0.4, -0.2) is 18.1 Å². The third kappa shape index (κ3) is 5.02. The predicted octanol–water partition coefficient (Wildman–Crippen LogP) is 3.62. The van der Waals surface area contributed by atoms with Crippen LogP contribution in [0.15, 0.2) is 29.1 Å². The van der Waals surface area contributed by atoms with Crippen molar-refractivity contribution < 1.29 is 9.47 Å². The molecule has 0 fully saturated rings. The lowest BCUT2D eigenvalue weighted by Gasteiger charge is -2.13. The van der Waals surface area contributed by atoms with Gasteiger partial charge in [0.25, 0.3) is 0 Å². The fourth-order valence-corrected chi connectivity index (χ4v) is 2.46. The summed E-state index contributed by atoms with van der Waals surface area (Å²) < 4.78 is 11.5. The minimum Gasteiger partial charge on any atom is -0.490 e. The molecule has 2 aromatic rings. The molecule has 0 spiro atoms. The Balaban J connectivity index is 2.01. The summed E-state index contributed by atoms with van der Waals surface area (Å²) in [5.74, 6) is 1.56. The van der Waals surface area contributed by atoms with Crippen LogP contribution in [0, 0.1) is 0 Å². The van der Waals surface area contributed by atoms with E-state index >= 15 is 0 Å². The van der Waals surface area contributed by atoms with Gasteiger partial charge in [-0.15, -0.1) is 11.3 Å². The van der Waals surface area contributed by atoms with Crippen LogP contribution >= 0.6 is 11.3 Å². The van der Waals surface area contributed by atoms with E-state index < -0.39 is 0 Å². The summed E-state index contributed by atoms with van der Waals surface area (Å²) >= 11 is 1.57. The molecule has 1 N–H and O–H groups in total. The van der Waals surface area contributed by atoms with Crippen molar-refractivity contribution in [1.82, 2.24) is 10.3 Å². The topological polar surface area (TPSA) is 43.4 Å². The van der Waals surface area contributed by atoms with Crippen molar-refractivity contribution in [1.29, 1.82) is 0 Å². The van der Waals surface area contributed by atoms with Gasteiger partial charge in [0.2, 0.25) is 0 Å². The van der Waals surface area contributed by atoms with Crippen molar-refractivity contribution in [2.24, 2.45) is 0 Å². The number of aromatic nitrogens is 1. The Bertz CT molecular complexity index is 529. The molecule has 0 amide bonds. The van der Waals surface area contributed by atoms with Gasteiger partial charge in [0.1, 0.15) is 6.61 Å². The van der Waals surface area contributed by atoms with Crippen molar-refractivity contribution in [3.8, 4) is 11.5 Å². The zero-order chi connectivity index (χ0) is 14.9. The minimum absolute atomic E-state index is 0.469. The van der Waals surface area contributed by atoms with Gasteiger partial charge >= 0.3 is 0 Å². The molecule has 0 aliphatic heterocycles. The zero-order valence-corrected chi connectivity index (χ0v) is 13.4. The molecule has 1 heterocycles. The molecule has 114 valence electrons. The number of nitrogens with zero attached hydrogens (tertiary/aromatic N) is 1. The van der Waals surface area contributed by atoms with Gasteiger partial charge in [-0.1, -0.05) is 13.0 Å². The normalized spacial score (nSPS) is 10.6. The smallest absolute Gasteiger partial charge is 0.161 e. The van der Waals surface area contributed by atoms with E-state index in [4.69, 9.17) is 9.47 Å². The predicted molar refractivity (Wildman–Crippen MR) is 86.1 cm³/mol. The maximum absolute atomic E-state index is 5.81. The first-order valence-electron chi connectivity index (χ1n) is 7.29. The van der Waals surface area contributed by atoms with E-state index in [9.17, 15) is 0 Å². The first-order chi connectivity index (χ1) is 10.3. The summed E-state index contributed by atoms with van der Waals surface area (Å²) in [6.07, 6.45) is 1.13. The molecule has 4 nitrogen and oxygen atoms in total. The second-order valence-corrected chi connectivity index (χ2v) is 5.38. The maximum Gasteiger partial charge on any atom is 0.161 e. The first kappa shape index (κ1) is 15.8. The maximum atomic E-state index is 5.81. The zero-order valence-electron chi connectivity index (χ0n) is 12.6. The lowest BCUT2D eigenvalue weighted by molar-refractivity contribution is 0.266. The summed E-state index contributed by atoms with van der Waals surface area (Å²) in [6, 6.07) is 6.09. The highest BCUT2D eigenvalue weighted by atomic mass is 32.1. The number of thiazole rings is 1. The SMILES string of the molecule is CCCNCc1ccc(OCc2cscn2)c(OCC)c1. The van der Waals surface area contributed by atoms with Crippen molar-refractivity contribution in [2.45, 2.75) is 33.4 Å². The number of nitrogens with one attached hydrogen (secondary N) is 1. The number of hydrogen-bond acceptors (Lipinski definition) is 5. The standard InChI is InChI=1S/C16H22N2O2S/c1-3-7-17-9-13-5-6-15(16(8-13)19-4-2)20-10-14-11-21-12-18-14/h5-6,8,11-12,17H,3-4,7,9-10H2,1-2H3. The van der Waals surface area contributed by atoms with Gasteiger partial charge in [-0.05, 0) is 37.6 Å². The van der Waals surface area contributed by atoms with E-state index in [1.54, 1.807) is 11.3 Å². The third-order valence-corrected chi connectivity index (χ3v) is 3.56. The van der Waals surface area contributed by atoms with Crippen molar-refractivity contribution in [3.05, 3.63) is 40.3 Å². The molecule has 0 aliphatic rings. The Morgan fingerprint density at radius 2 is 2.10 bits per heavy atom. The van der Waals surface area contributed by atoms with Gasteiger partial charge in [0.15, 0.2) is 11.5 Å². The summed E-state index contributed by atoms with van der Waals surface area (Å²) in [7, 11) is 0. The molecule has 0 saturated carbocycles. The van der Waals surface area contributed by atoms with E-state index in [0.29, 0.717) is 13.2 Å². The van der Waals surface area contributed by atoms with E-state index in [1.807, 2.05) is 29.9 Å². The average molecular weight is 306 g/mol. The number of rotatable bonds is 9. The van der Waals surface area contributed by atoms with Crippen LogP contribution in [-0.2, 0) is 13.2 Å². The van der Waals surface area contributed by atoms with Crippen LogP contribution in [0.1, 0.15) is 31.5 Å². The minimum atomic E-state index is 0.469. The third-order valence-electron chi connectivity index (χ3n) is 2.92. The van der Waals surface area contributed by atoms with Gasteiger partial charge in [0, 0.05) is 11.9 Å². The lowest BCUT2D eigenvalue weighted by Crippen LogP contribution is -2.13. The molecule has 0 atom stereocenters. The fourth-order valence-electron chi connectivity index (χ4n) is 1.92. The monoisotopic (exact) mass is 306 g/mol. The highest BCUT2D eigenvalue weighted by molar-refractivity contribution is 7.07. The number of ether oxygens (including phenoxy) is 2. The second-order valence-electron chi connectivity index (χ2n) is 4.66. The molecular weight excluding hydrogens is 284 g/mol. The quantitative estimate of drug-likeness (QED) is 0.719. The van der Waals surface area contributed by atoms with Crippen LogP contribution in [0.2, 0.25) is 0 Å². The van der Waals surface area contributed by atoms with E-state index in [0.717, 1.165) is 36.7 Å². The fraction of sp³-hybridized carbons (Fsp3) is 0.438. The van der Waals surface area contributed by atoms with Crippen molar-refractivity contribution in [2.75, 3.05) is 13.2 Å². The van der Waals surface area contributed by atoms with Gasteiger partial charge < -0.3 is 14.8 Å². The van der Waals surface area contributed by atoms with Crippen LogP contribution in [0.4, 0.5) is 0 Å². The van der Waals surface area contributed by atoms with E-state index in [1.165, 1.54) is 5.56 Å². The molecule has 0 radical (unpaired) electrons. The Kier molecular flexibility index (Phi) is 6.50. The largest absolute Gasteiger partial charge is 0.490 e. The van der Waals surface area contributed by atoms with Crippen LogP contribution in [0.5, 0.6) is 11.5 Å². The van der Waals surface area contributed by atoms with Crippen LogP contribution < -0.4 is 14.8 Å². The van der Waals surface area contributed by atoms with Crippen LogP contribution in [0.25, 0.3) is 0 Å². The molecule has 1 aromatic carbocycles. The molecule has 1 aromatic heterocycles. The van der Waals surface area contributed by atoms with Gasteiger partial charge in [-0.2, -0.15) is 0 Å². The second kappa shape index (κ2) is 8.64. The first-order valence-corrected chi connectivity index (χ1v) is 8.24. The van der Waals surface area contributed by atoms with E-state index in [2.05, 4.69) is 23.3 Å². The number of hydrogen-bond donors (Lipinski definition) is 1. The molecule has 0 aliphatic carbocycles. The molecular formula is C16H22N2O2S. The average Bonchev–Trinajstić information content (AvgIpc) is 3.00. The summed E-state index contributed by atoms with van der Waals surface area (Å²) in [4.78, 5) is 4.22. The summed E-state index contributed by atoms with van der Waals surface area (Å²) in [5, 5.41) is 5.38. The van der Waals surface area contributed by atoms with Gasteiger partial charge in [-0.25, -0.2) is 4.98 Å². The van der Waals surface area contributed by atoms with Gasteiger partial charge in [-0.3, -0.25) is 0 Å². The molecule has 0 saturated heterocycles. The molecule has 21 heavy (non-hydrogen) atoms. The highest BCUT2D eigenvalue weighted by Gasteiger charge is 2.07. The summed E-state index contributed by atoms with van der Waals surface area (Å²) in [5.41, 5.74) is 3.95. The lowest BCUT2D eigenvalue weighted by atomic mass is 10.2. The Morgan fingerprint density at radius 1 is 1.19 bits per heavy atom. The molecule has 0 unspecified atom stereocenters. The molecule has 5 heteroatoms. The Morgan fingerprint density at radius 3 is 2.81 bits per heavy atom. The Labute approximate surface area is 130 Å². The molecule has 0 bridgehead atoms. The highest BCUT2D eigenvalue weighted by Crippen LogP contribution is 2.29. The summed E-state index contributed by atoms with van der Waals surface area (Å²) in [6.45, 7) is 7.10. The Hall–Kier alpha value is -1.59.